The van der Waals surface area contributed by atoms with Crippen molar-refractivity contribution in [3.63, 3.8) is 0 Å². The second-order valence-electron chi connectivity index (χ2n) is 6.01. The monoisotopic (exact) mass is 338 g/mol. The Morgan fingerprint density at radius 1 is 1.09 bits per heavy atom. The first-order valence-electron chi connectivity index (χ1n) is 7.25. The number of hydrogen-bond donors (Lipinski definition) is 1. The largest absolute Gasteiger partial charge is 0.416 e. The average Bonchev–Trinajstić information content (AvgIpc) is 2.71. The number of nitrogens with one attached hydrogen (secondary N) is 1. The van der Waals surface area contributed by atoms with Crippen molar-refractivity contribution < 1.29 is 17.6 Å². The lowest BCUT2D eigenvalue weighted by Crippen LogP contribution is -2.35. The topological polar surface area (TPSA) is 15.3 Å². The van der Waals surface area contributed by atoms with Crippen molar-refractivity contribution in [1.29, 1.82) is 0 Å². The Labute approximate surface area is 133 Å². The van der Waals surface area contributed by atoms with E-state index in [2.05, 4.69) is 10.2 Å². The molecule has 2 nitrogen and oxygen atoms in total. The number of benzene rings is 1. The van der Waals surface area contributed by atoms with Crippen molar-refractivity contribution in [2.45, 2.75) is 44.1 Å². The highest BCUT2D eigenvalue weighted by Crippen LogP contribution is 2.31. The van der Waals surface area contributed by atoms with Crippen LogP contribution in [0.25, 0.3) is 0 Å². The predicted octanol–water partition coefficient (Wildman–Crippen LogP) is 3.59. The number of halogens is 5. The smallest absolute Gasteiger partial charge is 0.310 e. The molecule has 2 saturated heterocycles. The molecule has 7 heteroatoms. The van der Waals surface area contributed by atoms with Crippen molar-refractivity contribution in [2.75, 3.05) is 13.1 Å². The van der Waals surface area contributed by atoms with Gasteiger partial charge < -0.3 is 5.32 Å². The van der Waals surface area contributed by atoms with Crippen LogP contribution in [0.4, 0.5) is 17.6 Å². The van der Waals surface area contributed by atoms with Crippen LogP contribution < -0.4 is 5.32 Å². The lowest BCUT2D eigenvalue weighted by Gasteiger charge is -2.24. The van der Waals surface area contributed by atoms with Crippen molar-refractivity contribution in [3.8, 4) is 0 Å². The van der Waals surface area contributed by atoms with Crippen LogP contribution >= 0.6 is 12.4 Å². The first kappa shape index (κ1) is 17.5. The summed E-state index contributed by atoms with van der Waals surface area (Å²) in [5, 5.41) is 3.52. The number of rotatable bonds is 2. The van der Waals surface area contributed by atoms with Gasteiger partial charge in [-0.2, -0.15) is 13.2 Å². The number of likely N-dealkylation sites (tertiary alicyclic amines) is 1. The van der Waals surface area contributed by atoms with Gasteiger partial charge in [-0.05, 0) is 43.0 Å². The third-order valence-electron chi connectivity index (χ3n) is 4.30. The maximum atomic E-state index is 13.4. The van der Waals surface area contributed by atoms with E-state index in [4.69, 9.17) is 0 Å². The molecular weight excluding hydrogens is 320 g/mol. The molecule has 2 bridgehead atoms. The lowest BCUT2D eigenvalue weighted by atomic mass is 10.1. The summed E-state index contributed by atoms with van der Waals surface area (Å²) in [5.74, 6) is -0.825. The van der Waals surface area contributed by atoms with Gasteiger partial charge in [0, 0.05) is 31.7 Å². The minimum absolute atomic E-state index is 0. The molecule has 1 N–H and O–H groups in total. The molecule has 0 aromatic heterocycles. The van der Waals surface area contributed by atoms with Gasteiger partial charge in [0.05, 0.1) is 5.56 Å². The number of alkyl halides is 3. The molecule has 0 amide bonds. The minimum atomic E-state index is -4.50. The van der Waals surface area contributed by atoms with Gasteiger partial charge in [0.25, 0.3) is 0 Å². The predicted molar refractivity (Wildman–Crippen MR) is 78.5 cm³/mol. The fourth-order valence-corrected chi connectivity index (χ4v) is 3.32. The maximum absolute atomic E-state index is 13.4. The summed E-state index contributed by atoms with van der Waals surface area (Å²) >= 11 is 0. The summed E-state index contributed by atoms with van der Waals surface area (Å²) < 4.78 is 51.6. The van der Waals surface area contributed by atoms with E-state index >= 15 is 0 Å². The van der Waals surface area contributed by atoms with E-state index in [0.29, 0.717) is 30.3 Å². The molecule has 0 saturated carbocycles. The van der Waals surface area contributed by atoms with Gasteiger partial charge >= 0.3 is 6.18 Å². The molecule has 3 rings (SSSR count). The molecule has 1 aromatic rings. The van der Waals surface area contributed by atoms with Gasteiger partial charge in [-0.25, -0.2) is 4.39 Å². The Morgan fingerprint density at radius 3 is 2.55 bits per heavy atom. The number of nitrogens with zero attached hydrogens (tertiary/aromatic N) is 1. The van der Waals surface area contributed by atoms with Crippen LogP contribution in [0.2, 0.25) is 0 Å². The first-order valence-corrected chi connectivity index (χ1v) is 7.25. The van der Waals surface area contributed by atoms with E-state index in [1.165, 1.54) is 12.5 Å². The van der Waals surface area contributed by atoms with Gasteiger partial charge in [0.15, 0.2) is 0 Å². The SMILES string of the molecule is Cl.Fc1cc(CN2CCC3CCC(C2)N3)cc(C(F)(F)F)c1. The van der Waals surface area contributed by atoms with E-state index in [1.807, 2.05) is 0 Å². The lowest BCUT2D eigenvalue weighted by molar-refractivity contribution is -0.137. The van der Waals surface area contributed by atoms with E-state index in [9.17, 15) is 17.6 Å². The third-order valence-corrected chi connectivity index (χ3v) is 4.30. The zero-order valence-corrected chi connectivity index (χ0v) is 12.8. The average molecular weight is 339 g/mol. The summed E-state index contributed by atoms with van der Waals surface area (Å²) in [7, 11) is 0. The summed E-state index contributed by atoms with van der Waals surface area (Å²) in [6.45, 7) is 2.02. The van der Waals surface area contributed by atoms with Crippen LogP contribution in [0.3, 0.4) is 0 Å². The van der Waals surface area contributed by atoms with E-state index in [1.54, 1.807) is 0 Å². The van der Waals surface area contributed by atoms with Gasteiger partial charge in [-0.15, -0.1) is 12.4 Å². The van der Waals surface area contributed by atoms with Gasteiger partial charge in [-0.1, -0.05) is 0 Å². The van der Waals surface area contributed by atoms with Crippen molar-refractivity contribution in [3.05, 3.63) is 35.1 Å². The molecule has 2 heterocycles. The van der Waals surface area contributed by atoms with Crippen molar-refractivity contribution in [2.24, 2.45) is 0 Å². The summed E-state index contributed by atoms with van der Waals surface area (Å²) in [4.78, 5) is 2.12. The zero-order chi connectivity index (χ0) is 15.0. The van der Waals surface area contributed by atoms with Gasteiger partial charge in [0.1, 0.15) is 5.82 Å². The third kappa shape index (κ3) is 4.12. The molecule has 1 aromatic carbocycles. The molecule has 2 aliphatic heterocycles. The van der Waals surface area contributed by atoms with Crippen molar-refractivity contribution in [1.82, 2.24) is 10.2 Å². The fraction of sp³-hybridized carbons (Fsp3) is 0.600. The Morgan fingerprint density at radius 2 is 1.82 bits per heavy atom. The molecule has 0 spiro atoms. The van der Waals surface area contributed by atoms with Crippen LogP contribution in [0.1, 0.15) is 30.4 Å². The molecule has 2 fully saturated rings. The van der Waals surface area contributed by atoms with Crippen LogP contribution in [0, 0.1) is 5.82 Å². The van der Waals surface area contributed by atoms with Crippen LogP contribution in [-0.4, -0.2) is 30.1 Å². The molecular formula is C15H19ClF4N2. The first-order chi connectivity index (χ1) is 9.90. The van der Waals surface area contributed by atoms with Crippen LogP contribution in [0.15, 0.2) is 18.2 Å². The molecule has 0 radical (unpaired) electrons. The second-order valence-corrected chi connectivity index (χ2v) is 6.01. The van der Waals surface area contributed by atoms with Gasteiger partial charge in [-0.3, -0.25) is 4.90 Å². The molecule has 2 atom stereocenters. The fourth-order valence-electron chi connectivity index (χ4n) is 3.32. The maximum Gasteiger partial charge on any atom is 0.416 e. The highest BCUT2D eigenvalue weighted by Gasteiger charge is 2.32. The minimum Gasteiger partial charge on any atom is -0.310 e. The number of fused-ring (bicyclic) bond motifs is 2. The molecule has 2 unspecified atom stereocenters. The summed E-state index contributed by atoms with van der Waals surface area (Å²) in [6, 6.07) is 3.74. The molecule has 0 aliphatic carbocycles. The normalized spacial score (nSPS) is 25.6. The molecule has 22 heavy (non-hydrogen) atoms. The Balaban J connectivity index is 0.00000176. The van der Waals surface area contributed by atoms with Crippen molar-refractivity contribution >= 4 is 12.4 Å². The highest BCUT2D eigenvalue weighted by atomic mass is 35.5. The van der Waals surface area contributed by atoms with E-state index in [0.717, 1.165) is 32.0 Å². The molecule has 2 aliphatic rings. The number of hydrogen-bond acceptors (Lipinski definition) is 2. The Bertz CT molecular complexity index is 521. The van der Waals surface area contributed by atoms with E-state index < -0.39 is 17.6 Å². The molecule has 124 valence electrons. The van der Waals surface area contributed by atoms with E-state index in [-0.39, 0.29) is 12.4 Å². The van der Waals surface area contributed by atoms with Crippen LogP contribution in [-0.2, 0) is 12.7 Å². The standard InChI is InChI=1S/C15H18F4N2.ClH/c16-12-6-10(5-11(7-12)15(17,18)19)8-21-4-3-13-1-2-14(9-21)20-13;/h5-7,13-14,20H,1-4,8-9H2;1H. The quantitative estimate of drug-likeness (QED) is 0.829. The Hall–Kier alpha value is -0.850. The van der Waals surface area contributed by atoms with Crippen LogP contribution in [0.5, 0.6) is 0 Å². The second kappa shape index (κ2) is 6.72. The summed E-state index contributed by atoms with van der Waals surface area (Å²) in [5.41, 5.74) is -0.521. The highest BCUT2D eigenvalue weighted by molar-refractivity contribution is 5.85. The Kier molecular flexibility index (Phi) is 5.35. The summed E-state index contributed by atoms with van der Waals surface area (Å²) in [6.07, 6.45) is -1.22. The van der Waals surface area contributed by atoms with Gasteiger partial charge in [0.2, 0.25) is 0 Å². The zero-order valence-electron chi connectivity index (χ0n) is 12.0.